The molecule has 0 spiro atoms. The molecule has 0 saturated carbocycles. The largest absolute Gasteiger partial charge is 0.522 e. The average molecular weight is 953 g/mol. The van der Waals surface area contributed by atoms with Crippen molar-refractivity contribution in [1.29, 1.82) is 0 Å². The van der Waals surface area contributed by atoms with Crippen LogP contribution in [0, 0.1) is 13.8 Å². The maximum absolute atomic E-state index is 12.6. The number of carboxylic acids is 1. The smallest absolute Gasteiger partial charge is 0.476 e. The number of amides is 1. The lowest BCUT2D eigenvalue weighted by Gasteiger charge is -2.27. The SMILES string of the molecule is Cc1ccc2nc(C(=O)N[C@@H]3CC[C@@H](c4nnc(OCCOC(F)(F)F)o4)OC3)cnc2c1.Cc1ccc2nc(C(=O)O)cnc2c1.N[C@@H]1CC[C@@H](c2nnc(OCCOC(F)(F)F)o2)OC1. The van der Waals surface area contributed by atoms with Crippen molar-refractivity contribution in [3.63, 3.8) is 0 Å². The van der Waals surface area contributed by atoms with Crippen molar-refractivity contribution in [2.45, 2.75) is 76.5 Å². The molecule has 0 bridgehead atoms. The fourth-order valence-corrected chi connectivity index (χ4v) is 6.13. The number of nitrogens with one attached hydrogen (secondary N) is 1. The van der Waals surface area contributed by atoms with Crippen LogP contribution in [0.15, 0.2) is 57.6 Å². The molecule has 2 aromatic carbocycles. The molecule has 6 heterocycles. The topological polar surface area (TPSA) is 277 Å². The number of hydrogen-bond donors (Lipinski definition) is 3. The first-order valence-corrected chi connectivity index (χ1v) is 20.2. The molecular formula is C40H42F6N10O11. The lowest BCUT2D eigenvalue weighted by molar-refractivity contribution is -0.326. The van der Waals surface area contributed by atoms with Gasteiger partial charge in [0.1, 0.15) is 31.1 Å². The van der Waals surface area contributed by atoms with Crippen LogP contribution in [0.25, 0.3) is 22.1 Å². The summed E-state index contributed by atoms with van der Waals surface area (Å²) in [5.74, 6) is -1.04. The van der Waals surface area contributed by atoms with E-state index in [0.29, 0.717) is 42.4 Å². The van der Waals surface area contributed by atoms with Crippen LogP contribution < -0.4 is 20.5 Å². The van der Waals surface area contributed by atoms with Crippen LogP contribution in [0.2, 0.25) is 0 Å². The van der Waals surface area contributed by atoms with E-state index in [1.807, 2.05) is 44.2 Å². The molecule has 4 aromatic heterocycles. The first kappa shape index (κ1) is 49.7. The molecule has 2 saturated heterocycles. The number of nitrogens with zero attached hydrogens (tertiary/aromatic N) is 8. The summed E-state index contributed by atoms with van der Waals surface area (Å²) in [7, 11) is 0. The number of carboxylic acid groups (broad SMARTS) is 1. The molecule has 0 radical (unpaired) electrons. The molecule has 2 aliphatic rings. The minimum Gasteiger partial charge on any atom is -0.476 e. The first-order chi connectivity index (χ1) is 31.9. The summed E-state index contributed by atoms with van der Waals surface area (Å²) in [5, 5.41) is 26.3. The highest BCUT2D eigenvalue weighted by atomic mass is 19.4. The van der Waals surface area contributed by atoms with E-state index in [1.165, 1.54) is 12.4 Å². The molecule has 0 aliphatic carbocycles. The molecule has 1 amide bonds. The number of aryl methyl sites for hydroxylation is 2. The number of hydrogen-bond acceptors (Lipinski definition) is 19. The maximum atomic E-state index is 12.6. The Labute approximate surface area is 374 Å². The van der Waals surface area contributed by atoms with Crippen LogP contribution in [0.3, 0.4) is 0 Å². The van der Waals surface area contributed by atoms with Crippen LogP contribution in [-0.4, -0.2) is 122 Å². The lowest BCUT2D eigenvalue weighted by Crippen LogP contribution is -2.41. The second-order valence-corrected chi connectivity index (χ2v) is 14.6. The van der Waals surface area contributed by atoms with Gasteiger partial charge in [-0.15, -0.1) is 36.5 Å². The minimum absolute atomic E-state index is 0.00981. The fourth-order valence-electron chi connectivity index (χ4n) is 6.13. The zero-order valence-electron chi connectivity index (χ0n) is 35.5. The second kappa shape index (κ2) is 22.7. The summed E-state index contributed by atoms with van der Waals surface area (Å²) >= 11 is 0. The van der Waals surface area contributed by atoms with Gasteiger partial charge >= 0.3 is 30.8 Å². The Morgan fingerprint density at radius 1 is 0.687 bits per heavy atom. The standard InChI is InChI=1S/C20H20F3N5O5.C10H14F3N3O4.C10H8N2O2/c1-11-2-4-13-14(8-11)24-9-15(26-13)17(29)25-12-3-5-16(31-10-12)18-27-28-19(33-18)30-6-7-32-20(21,22)23;11-10(12,13)19-4-3-17-9-16-15-8(20-9)7-2-1-6(14)5-18-7;1-6-2-3-7-8(4-6)11-5-9(12-7)10(13)14/h2,4,8-9,12,16H,3,5-7,10H2,1H3,(H,25,29);6-7H,1-5,14H2;2-5H,1H3,(H,13,14)/t12-,16+;6-,7+;/m11./s1. The van der Waals surface area contributed by atoms with Gasteiger partial charge in [0, 0.05) is 6.04 Å². The number of aromatic nitrogens is 8. The van der Waals surface area contributed by atoms with Gasteiger partial charge in [-0.3, -0.25) is 24.2 Å². The fraction of sp³-hybridized carbons (Fsp3) is 0.450. The summed E-state index contributed by atoms with van der Waals surface area (Å²) in [4.78, 5) is 39.8. The third kappa shape index (κ3) is 15.7. The summed E-state index contributed by atoms with van der Waals surface area (Å²) in [6.07, 6.45) is -5.62. The number of halogens is 6. The molecule has 6 aromatic rings. The number of carbonyl (C=O) groups excluding carboxylic acids is 1. The third-order valence-corrected chi connectivity index (χ3v) is 9.31. The molecule has 4 atom stereocenters. The Balaban J connectivity index is 0.000000184. The summed E-state index contributed by atoms with van der Waals surface area (Å²) in [6.45, 7) is 2.38. The number of ether oxygens (including phenoxy) is 6. The number of carbonyl (C=O) groups is 2. The van der Waals surface area contributed by atoms with Crippen molar-refractivity contribution in [2.24, 2.45) is 5.73 Å². The van der Waals surface area contributed by atoms with E-state index >= 15 is 0 Å². The van der Waals surface area contributed by atoms with Crippen molar-refractivity contribution in [3.8, 4) is 12.2 Å². The van der Waals surface area contributed by atoms with Gasteiger partial charge in [-0.2, -0.15) is 0 Å². The molecule has 0 unspecified atom stereocenters. The van der Waals surface area contributed by atoms with E-state index in [4.69, 9.17) is 38.6 Å². The number of nitrogens with two attached hydrogens (primary N) is 1. The number of fused-ring (bicyclic) bond motifs is 2. The summed E-state index contributed by atoms with van der Waals surface area (Å²) in [5.41, 5.74) is 10.7. The van der Waals surface area contributed by atoms with E-state index in [0.717, 1.165) is 23.1 Å². The van der Waals surface area contributed by atoms with Gasteiger partial charge in [0.25, 0.3) is 5.91 Å². The predicted molar refractivity (Wildman–Crippen MR) is 214 cm³/mol. The zero-order valence-corrected chi connectivity index (χ0v) is 35.5. The van der Waals surface area contributed by atoms with E-state index < -0.39 is 44.6 Å². The van der Waals surface area contributed by atoms with Crippen LogP contribution in [-0.2, 0) is 18.9 Å². The van der Waals surface area contributed by atoms with Crippen molar-refractivity contribution in [1.82, 2.24) is 45.6 Å². The molecule has 8 rings (SSSR count). The van der Waals surface area contributed by atoms with Crippen LogP contribution in [0.1, 0.15) is 81.8 Å². The number of aromatic carboxylic acids is 1. The molecule has 2 fully saturated rings. The monoisotopic (exact) mass is 952 g/mol. The quantitative estimate of drug-likeness (QED) is 0.0926. The highest BCUT2D eigenvalue weighted by Gasteiger charge is 2.31. The van der Waals surface area contributed by atoms with Gasteiger partial charge in [-0.25, -0.2) is 14.8 Å². The Hall–Kier alpha value is -6.68. The van der Waals surface area contributed by atoms with E-state index in [-0.39, 0.29) is 72.6 Å². The Bertz CT molecular complexity index is 2570. The van der Waals surface area contributed by atoms with E-state index in [9.17, 15) is 35.9 Å². The summed E-state index contributed by atoms with van der Waals surface area (Å²) < 4.78 is 109. The Kier molecular flexibility index (Phi) is 16.8. The lowest BCUT2D eigenvalue weighted by atomic mass is 10.0. The minimum atomic E-state index is -4.73. The van der Waals surface area contributed by atoms with Gasteiger partial charge in [0.2, 0.25) is 11.8 Å². The van der Waals surface area contributed by atoms with Crippen molar-refractivity contribution in [3.05, 3.63) is 83.1 Å². The van der Waals surface area contributed by atoms with Gasteiger partial charge in [-0.1, -0.05) is 22.3 Å². The van der Waals surface area contributed by atoms with Crippen LogP contribution in [0.5, 0.6) is 12.2 Å². The van der Waals surface area contributed by atoms with E-state index in [2.05, 4.69) is 55.1 Å². The first-order valence-electron chi connectivity index (χ1n) is 20.2. The van der Waals surface area contributed by atoms with E-state index in [1.54, 1.807) is 6.07 Å². The van der Waals surface area contributed by atoms with Gasteiger partial charge in [-0.05, 0) is 74.9 Å². The number of benzene rings is 2. The average Bonchev–Trinajstić information content (AvgIpc) is 3.97. The molecule has 21 nitrogen and oxygen atoms in total. The highest BCUT2D eigenvalue weighted by molar-refractivity contribution is 5.94. The molecule has 27 heteroatoms. The van der Waals surface area contributed by atoms with Gasteiger partial charge in [0.15, 0.2) is 5.69 Å². The third-order valence-electron chi connectivity index (χ3n) is 9.31. The molecular weight excluding hydrogens is 910 g/mol. The van der Waals surface area contributed by atoms with Crippen molar-refractivity contribution in [2.75, 3.05) is 39.6 Å². The van der Waals surface area contributed by atoms with Crippen molar-refractivity contribution < 1.29 is 78.3 Å². The van der Waals surface area contributed by atoms with Gasteiger partial charge < -0.3 is 43.9 Å². The van der Waals surface area contributed by atoms with Crippen LogP contribution in [0.4, 0.5) is 26.3 Å². The molecule has 2 aliphatic heterocycles. The second-order valence-electron chi connectivity index (χ2n) is 14.6. The molecule has 4 N–H and O–H groups in total. The number of alkyl halides is 6. The number of rotatable bonds is 13. The Morgan fingerprint density at radius 3 is 1.64 bits per heavy atom. The normalized spacial score (nSPS) is 18.6. The molecule has 67 heavy (non-hydrogen) atoms. The van der Waals surface area contributed by atoms with Crippen LogP contribution >= 0.6 is 0 Å². The Morgan fingerprint density at radius 2 is 1.18 bits per heavy atom. The van der Waals surface area contributed by atoms with Crippen molar-refractivity contribution >= 4 is 33.9 Å². The summed E-state index contributed by atoms with van der Waals surface area (Å²) in [6, 6.07) is 10.9. The molecule has 360 valence electrons. The zero-order chi connectivity index (χ0) is 48.1. The maximum Gasteiger partial charge on any atom is 0.522 e. The predicted octanol–water partition coefficient (Wildman–Crippen LogP) is 5.69. The highest BCUT2D eigenvalue weighted by Crippen LogP contribution is 2.30. The van der Waals surface area contributed by atoms with Gasteiger partial charge in [0.05, 0.1) is 66.9 Å².